The molecule has 1 unspecified atom stereocenters. The van der Waals surface area contributed by atoms with Crippen LogP contribution in [-0.4, -0.2) is 22.6 Å². The topological polar surface area (TPSA) is 63.8 Å². The number of aromatic nitrogens is 2. The number of nitrogens with one attached hydrogen (secondary N) is 1. The summed E-state index contributed by atoms with van der Waals surface area (Å²) in [5.41, 5.74) is 5.98. The van der Waals surface area contributed by atoms with Crippen molar-refractivity contribution in [1.29, 1.82) is 0 Å². The number of aryl methyl sites for hydroxylation is 1. The van der Waals surface area contributed by atoms with Gasteiger partial charge in [-0.1, -0.05) is 0 Å². The van der Waals surface area contributed by atoms with Crippen molar-refractivity contribution in [3.05, 3.63) is 17.8 Å². The van der Waals surface area contributed by atoms with Crippen molar-refractivity contribution in [3.8, 4) is 0 Å². The molecular formula is C10H15FN4. The molecule has 0 radical (unpaired) electrons. The fourth-order valence-corrected chi connectivity index (χ4v) is 1.60. The van der Waals surface area contributed by atoms with Gasteiger partial charge in [-0.05, 0) is 25.7 Å². The van der Waals surface area contributed by atoms with Gasteiger partial charge in [0.2, 0.25) is 0 Å². The third-order valence-corrected chi connectivity index (χ3v) is 2.73. The van der Waals surface area contributed by atoms with Crippen LogP contribution in [0.5, 0.6) is 0 Å². The van der Waals surface area contributed by atoms with E-state index in [1.165, 1.54) is 19.2 Å². The van der Waals surface area contributed by atoms with Gasteiger partial charge in [0.05, 0.1) is 5.69 Å². The van der Waals surface area contributed by atoms with Crippen LogP contribution in [0.1, 0.15) is 18.5 Å². The van der Waals surface area contributed by atoms with Crippen molar-refractivity contribution in [3.63, 3.8) is 0 Å². The molecule has 1 aliphatic carbocycles. The molecule has 0 aliphatic heterocycles. The van der Waals surface area contributed by atoms with Crippen molar-refractivity contribution in [2.24, 2.45) is 11.7 Å². The summed E-state index contributed by atoms with van der Waals surface area (Å²) in [5, 5.41) is 3.05. The van der Waals surface area contributed by atoms with Crippen molar-refractivity contribution in [1.82, 2.24) is 9.97 Å². The van der Waals surface area contributed by atoms with Gasteiger partial charge in [-0.25, -0.2) is 14.4 Å². The van der Waals surface area contributed by atoms with Gasteiger partial charge in [0.1, 0.15) is 6.33 Å². The Morgan fingerprint density at radius 1 is 1.60 bits per heavy atom. The summed E-state index contributed by atoms with van der Waals surface area (Å²) in [6.07, 6.45) is 3.70. The van der Waals surface area contributed by atoms with E-state index in [9.17, 15) is 4.39 Å². The molecule has 0 amide bonds. The van der Waals surface area contributed by atoms with Crippen molar-refractivity contribution in [2.45, 2.75) is 25.8 Å². The molecule has 5 heteroatoms. The third kappa shape index (κ3) is 2.23. The largest absolute Gasteiger partial charge is 0.363 e. The second-order valence-corrected chi connectivity index (χ2v) is 3.95. The Balaban J connectivity index is 2.11. The number of halogens is 1. The Labute approximate surface area is 88.1 Å². The quantitative estimate of drug-likeness (QED) is 0.780. The molecule has 1 aliphatic rings. The molecule has 1 heterocycles. The highest BCUT2D eigenvalue weighted by Crippen LogP contribution is 2.33. The fourth-order valence-electron chi connectivity index (χ4n) is 1.60. The Hall–Kier alpha value is -1.23. The summed E-state index contributed by atoms with van der Waals surface area (Å²) in [6.45, 7) is 2.13. The Bertz CT molecular complexity index is 351. The van der Waals surface area contributed by atoms with E-state index in [-0.39, 0.29) is 17.7 Å². The lowest BCUT2D eigenvalue weighted by Gasteiger charge is -2.17. The zero-order valence-electron chi connectivity index (χ0n) is 8.70. The van der Waals surface area contributed by atoms with Crippen LogP contribution in [0.4, 0.5) is 10.2 Å². The van der Waals surface area contributed by atoms with Gasteiger partial charge in [-0.3, -0.25) is 0 Å². The van der Waals surface area contributed by atoms with E-state index >= 15 is 0 Å². The van der Waals surface area contributed by atoms with Crippen LogP contribution in [0.2, 0.25) is 0 Å². The van der Waals surface area contributed by atoms with Crippen molar-refractivity contribution < 1.29 is 4.39 Å². The summed E-state index contributed by atoms with van der Waals surface area (Å²) in [5.74, 6) is 0.464. The fraction of sp³-hybridized carbons (Fsp3) is 0.600. The normalized spacial score (nSPS) is 17.5. The number of hydrogen-bond donors (Lipinski definition) is 2. The van der Waals surface area contributed by atoms with E-state index in [0.717, 1.165) is 0 Å². The second-order valence-electron chi connectivity index (χ2n) is 3.95. The summed E-state index contributed by atoms with van der Waals surface area (Å²) in [7, 11) is 0. The second kappa shape index (κ2) is 4.10. The van der Waals surface area contributed by atoms with Crippen LogP contribution in [0, 0.1) is 18.7 Å². The molecule has 0 spiro atoms. The minimum Gasteiger partial charge on any atom is -0.363 e. The third-order valence-electron chi connectivity index (χ3n) is 2.73. The van der Waals surface area contributed by atoms with Crippen LogP contribution in [-0.2, 0) is 0 Å². The monoisotopic (exact) mass is 210 g/mol. The van der Waals surface area contributed by atoms with E-state index in [0.29, 0.717) is 18.2 Å². The lowest BCUT2D eigenvalue weighted by atomic mass is 10.2. The molecule has 4 nitrogen and oxygen atoms in total. The number of rotatable bonds is 4. The van der Waals surface area contributed by atoms with E-state index in [1.807, 2.05) is 0 Å². The number of hydrogen-bond acceptors (Lipinski definition) is 4. The SMILES string of the molecule is Cc1ncnc(NC(CN)C2CC2)c1F. The van der Waals surface area contributed by atoms with Crippen LogP contribution in [0.25, 0.3) is 0 Å². The van der Waals surface area contributed by atoms with Crippen LogP contribution in [0.15, 0.2) is 6.33 Å². The van der Waals surface area contributed by atoms with Gasteiger partial charge in [-0.15, -0.1) is 0 Å². The average Bonchev–Trinajstić information content (AvgIpc) is 3.04. The first-order chi connectivity index (χ1) is 7.22. The maximum atomic E-state index is 13.6. The molecule has 1 fully saturated rings. The van der Waals surface area contributed by atoms with Crippen LogP contribution >= 0.6 is 0 Å². The first kappa shape index (κ1) is 10.3. The Kier molecular flexibility index (Phi) is 2.81. The van der Waals surface area contributed by atoms with Gasteiger partial charge in [0, 0.05) is 12.6 Å². The number of nitrogens with zero attached hydrogens (tertiary/aromatic N) is 2. The van der Waals surface area contributed by atoms with Crippen LogP contribution < -0.4 is 11.1 Å². The summed E-state index contributed by atoms with van der Waals surface area (Å²) in [6, 6.07) is 0.133. The summed E-state index contributed by atoms with van der Waals surface area (Å²) < 4.78 is 13.6. The smallest absolute Gasteiger partial charge is 0.186 e. The van der Waals surface area contributed by atoms with E-state index in [2.05, 4.69) is 15.3 Å². The number of nitrogens with two attached hydrogens (primary N) is 1. The van der Waals surface area contributed by atoms with E-state index < -0.39 is 0 Å². The van der Waals surface area contributed by atoms with Gasteiger partial charge in [0.15, 0.2) is 11.6 Å². The molecule has 1 atom stereocenters. The lowest BCUT2D eigenvalue weighted by Crippen LogP contribution is -2.31. The average molecular weight is 210 g/mol. The van der Waals surface area contributed by atoms with Crippen LogP contribution in [0.3, 0.4) is 0 Å². The zero-order valence-corrected chi connectivity index (χ0v) is 8.70. The molecule has 3 N–H and O–H groups in total. The highest BCUT2D eigenvalue weighted by molar-refractivity contribution is 5.38. The standard InChI is InChI=1S/C10H15FN4/c1-6-9(11)10(14-5-13-6)15-8(4-12)7-2-3-7/h5,7-8H,2-4,12H2,1H3,(H,13,14,15). The Morgan fingerprint density at radius 2 is 2.33 bits per heavy atom. The molecule has 0 saturated heterocycles. The molecule has 15 heavy (non-hydrogen) atoms. The molecule has 0 bridgehead atoms. The maximum Gasteiger partial charge on any atom is 0.186 e. The lowest BCUT2D eigenvalue weighted by molar-refractivity contribution is 0.587. The highest BCUT2D eigenvalue weighted by atomic mass is 19.1. The first-order valence-corrected chi connectivity index (χ1v) is 5.16. The van der Waals surface area contributed by atoms with Crippen molar-refractivity contribution >= 4 is 5.82 Å². The maximum absolute atomic E-state index is 13.6. The molecular weight excluding hydrogens is 195 g/mol. The molecule has 0 aromatic carbocycles. The Morgan fingerprint density at radius 3 is 2.93 bits per heavy atom. The molecule has 1 aromatic rings. The van der Waals surface area contributed by atoms with Gasteiger partial charge >= 0.3 is 0 Å². The molecule has 2 rings (SSSR count). The predicted molar refractivity (Wildman–Crippen MR) is 55.9 cm³/mol. The van der Waals surface area contributed by atoms with Gasteiger partial charge in [0.25, 0.3) is 0 Å². The summed E-state index contributed by atoms with van der Waals surface area (Å²) in [4.78, 5) is 7.66. The van der Waals surface area contributed by atoms with Gasteiger partial charge in [-0.2, -0.15) is 0 Å². The minimum atomic E-state index is -0.378. The van der Waals surface area contributed by atoms with E-state index in [4.69, 9.17) is 5.73 Å². The molecule has 82 valence electrons. The minimum absolute atomic E-state index is 0.133. The molecule has 1 saturated carbocycles. The molecule has 1 aromatic heterocycles. The van der Waals surface area contributed by atoms with Crippen molar-refractivity contribution in [2.75, 3.05) is 11.9 Å². The number of anilines is 1. The zero-order chi connectivity index (χ0) is 10.8. The predicted octanol–water partition coefficient (Wildman–Crippen LogP) is 1.07. The van der Waals surface area contributed by atoms with Gasteiger partial charge < -0.3 is 11.1 Å². The first-order valence-electron chi connectivity index (χ1n) is 5.16. The summed E-state index contributed by atoms with van der Waals surface area (Å²) >= 11 is 0. The highest BCUT2D eigenvalue weighted by Gasteiger charge is 2.30. The van der Waals surface area contributed by atoms with E-state index in [1.54, 1.807) is 6.92 Å².